The van der Waals surface area contributed by atoms with Crippen LogP contribution in [0.1, 0.15) is 29.0 Å². The normalized spacial score (nSPS) is 18.3. The van der Waals surface area contributed by atoms with E-state index in [2.05, 4.69) is 5.10 Å². The van der Waals surface area contributed by atoms with Crippen LogP contribution in [0.4, 0.5) is 4.39 Å². The Balaban J connectivity index is 1.45. The molecule has 1 amide bonds. The number of sulfonamides is 1. The van der Waals surface area contributed by atoms with E-state index in [1.807, 2.05) is 10.7 Å². The van der Waals surface area contributed by atoms with Crippen molar-refractivity contribution < 1.29 is 17.6 Å². The third-order valence-corrected chi connectivity index (χ3v) is 7.05. The number of rotatable bonds is 3. The predicted octanol–water partition coefficient (Wildman–Crippen LogP) is 1.51. The van der Waals surface area contributed by atoms with E-state index >= 15 is 0 Å². The fourth-order valence-electron chi connectivity index (χ4n) is 3.61. The SMILES string of the molecule is O=C(c1cc2n(n1)CCCC2)N1CCN(S(=O)(=O)c2ccccc2F)CC1. The number of benzene rings is 1. The van der Waals surface area contributed by atoms with E-state index in [0.717, 1.165) is 37.6 Å². The minimum Gasteiger partial charge on any atom is -0.335 e. The lowest BCUT2D eigenvalue weighted by atomic mass is 10.1. The van der Waals surface area contributed by atoms with Crippen LogP contribution in [-0.2, 0) is 23.0 Å². The van der Waals surface area contributed by atoms with Gasteiger partial charge in [0, 0.05) is 38.4 Å². The second-order valence-electron chi connectivity index (χ2n) is 6.83. The van der Waals surface area contributed by atoms with E-state index in [1.54, 1.807) is 4.90 Å². The van der Waals surface area contributed by atoms with Crippen LogP contribution in [0.3, 0.4) is 0 Å². The van der Waals surface area contributed by atoms with Crippen molar-refractivity contribution in [1.29, 1.82) is 0 Å². The maximum Gasteiger partial charge on any atom is 0.274 e. The van der Waals surface area contributed by atoms with E-state index < -0.39 is 15.8 Å². The van der Waals surface area contributed by atoms with Crippen LogP contribution in [0.5, 0.6) is 0 Å². The van der Waals surface area contributed by atoms with E-state index in [-0.39, 0.29) is 37.0 Å². The number of nitrogens with zero attached hydrogens (tertiary/aromatic N) is 4. The molecule has 0 N–H and O–H groups in total. The first-order valence-corrected chi connectivity index (χ1v) is 10.5. The molecule has 1 saturated heterocycles. The topological polar surface area (TPSA) is 75.5 Å². The molecule has 7 nitrogen and oxygen atoms in total. The predicted molar refractivity (Wildman–Crippen MR) is 96.2 cm³/mol. The molecule has 2 aromatic rings. The van der Waals surface area contributed by atoms with Gasteiger partial charge in [0.05, 0.1) is 0 Å². The summed E-state index contributed by atoms with van der Waals surface area (Å²) in [4.78, 5) is 14.0. The molecule has 0 unspecified atom stereocenters. The van der Waals surface area contributed by atoms with Gasteiger partial charge in [-0.1, -0.05) is 12.1 Å². The highest BCUT2D eigenvalue weighted by Crippen LogP contribution is 2.21. The van der Waals surface area contributed by atoms with Crippen molar-refractivity contribution in [1.82, 2.24) is 19.0 Å². The van der Waals surface area contributed by atoms with E-state index in [1.165, 1.54) is 22.5 Å². The summed E-state index contributed by atoms with van der Waals surface area (Å²) in [7, 11) is -3.91. The van der Waals surface area contributed by atoms with E-state index in [9.17, 15) is 17.6 Å². The highest BCUT2D eigenvalue weighted by molar-refractivity contribution is 7.89. The molecule has 27 heavy (non-hydrogen) atoms. The van der Waals surface area contributed by atoms with Crippen molar-refractivity contribution in [3.05, 3.63) is 47.5 Å². The van der Waals surface area contributed by atoms with Crippen molar-refractivity contribution in [3.8, 4) is 0 Å². The first-order chi connectivity index (χ1) is 13.0. The van der Waals surface area contributed by atoms with Gasteiger partial charge in [-0.2, -0.15) is 9.40 Å². The van der Waals surface area contributed by atoms with Crippen molar-refractivity contribution in [2.24, 2.45) is 0 Å². The molecule has 144 valence electrons. The number of fused-ring (bicyclic) bond motifs is 1. The molecule has 0 saturated carbocycles. The molecule has 0 bridgehead atoms. The Hall–Kier alpha value is -2.26. The molecule has 0 radical (unpaired) electrons. The molecule has 0 atom stereocenters. The molecule has 1 fully saturated rings. The highest BCUT2D eigenvalue weighted by atomic mass is 32.2. The maximum absolute atomic E-state index is 13.9. The third-order valence-electron chi connectivity index (χ3n) is 5.12. The zero-order valence-corrected chi connectivity index (χ0v) is 15.7. The van der Waals surface area contributed by atoms with Crippen LogP contribution in [0, 0.1) is 5.82 Å². The summed E-state index contributed by atoms with van der Waals surface area (Å²) in [6, 6.07) is 7.18. The standard InChI is InChI=1S/C18H21FN4O3S/c19-15-6-1-2-7-17(15)27(25,26)22-11-9-21(10-12-22)18(24)16-13-14-5-3-4-8-23(14)20-16/h1-2,6-7,13H,3-5,8-12H2. The Kier molecular flexibility index (Phi) is 4.73. The number of piperazine rings is 1. The van der Waals surface area contributed by atoms with Crippen molar-refractivity contribution in [2.75, 3.05) is 26.2 Å². The second kappa shape index (κ2) is 7.05. The molecular weight excluding hydrogens is 371 g/mol. The molecule has 2 aliphatic rings. The number of carbonyl (C=O) groups is 1. The average Bonchev–Trinajstić information content (AvgIpc) is 3.12. The molecule has 3 heterocycles. The summed E-state index contributed by atoms with van der Waals surface area (Å²) in [5, 5.41) is 4.40. The zero-order valence-electron chi connectivity index (χ0n) is 14.8. The first-order valence-electron chi connectivity index (χ1n) is 9.07. The summed E-state index contributed by atoms with van der Waals surface area (Å²) < 4.78 is 42.3. The monoisotopic (exact) mass is 392 g/mol. The van der Waals surface area contributed by atoms with Gasteiger partial charge in [-0.3, -0.25) is 9.48 Å². The van der Waals surface area contributed by atoms with Crippen LogP contribution < -0.4 is 0 Å². The fraction of sp³-hybridized carbons (Fsp3) is 0.444. The second-order valence-corrected chi connectivity index (χ2v) is 8.73. The number of hydrogen-bond donors (Lipinski definition) is 0. The Morgan fingerprint density at radius 1 is 1.04 bits per heavy atom. The van der Waals surface area contributed by atoms with Gasteiger partial charge in [0.15, 0.2) is 5.69 Å². The Bertz CT molecular complexity index is 941. The van der Waals surface area contributed by atoms with Gasteiger partial charge in [0.25, 0.3) is 5.91 Å². The number of halogens is 1. The van der Waals surface area contributed by atoms with Gasteiger partial charge in [0.1, 0.15) is 10.7 Å². The van der Waals surface area contributed by atoms with Gasteiger partial charge in [-0.25, -0.2) is 12.8 Å². The molecule has 1 aromatic heterocycles. The lowest BCUT2D eigenvalue weighted by Crippen LogP contribution is -2.50. The first kappa shape index (κ1) is 18.1. The van der Waals surface area contributed by atoms with Gasteiger partial charge < -0.3 is 4.90 Å². The van der Waals surface area contributed by atoms with Crippen LogP contribution in [-0.4, -0.2) is 59.5 Å². The maximum atomic E-state index is 13.9. The van der Waals surface area contributed by atoms with Gasteiger partial charge in [-0.05, 0) is 37.5 Å². The Labute approximate surface area is 157 Å². The molecule has 4 rings (SSSR count). The van der Waals surface area contributed by atoms with Crippen LogP contribution in [0.15, 0.2) is 35.2 Å². The molecule has 1 aromatic carbocycles. The van der Waals surface area contributed by atoms with E-state index in [0.29, 0.717) is 5.69 Å². The quantitative estimate of drug-likeness (QED) is 0.793. The Morgan fingerprint density at radius 2 is 1.78 bits per heavy atom. The van der Waals surface area contributed by atoms with Gasteiger partial charge in [0.2, 0.25) is 10.0 Å². The minimum atomic E-state index is -3.91. The molecule has 0 aliphatic carbocycles. The summed E-state index contributed by atoms with van der Waals surface area (Å²) in [6.45, 7) is 1.62. The van der Waals surface area contributed by atoms with Crippen LogP contribution in [0.2, 0.25) is 0 Å². The molecule has 0 spiro atoms. The smallest absolute Gasteiger partial charge is 0.274 e. The summed E-state index contributed by atoms with van der Waals surface area (Å²) in [5.41, 5.74) is 1.49. The summed E-state index contributed by atoms with van der Waals surface area (Å²) >= 11 is 0. The summed E-state index contributed by atoms with van der Waals surface area (Å²) in [5.74, 6) is -0.945. The fourth-order valence-corrected chi connectivity index (χ4v) is 5.10. The number of carbonyl (C=O) groups excluding carboxylic acids is 1. The van der Waals surface area contributed by atoms with E-state index in [4.69, 9.17) is 0 Å². The number of amides is 1. The lowest BCUT2D eigenvalue weighted by molar-refractivity contribution is 0.0691. The largest absolute Gasteiger partial charge is 0.335 e. The lowest BCUT2D eigenvalue weighted by Gasteiger charge is -2.33. The minimum absolute atomic E-state index is 0.135. The van der Waals surface area contributed by atoms with Crippen molar-refractivity contribution >= 4 is 15.9 Å². The molecular formula is C18H21FN4O3S. The van der Waals surface area contributed by atoms with Crippen molar-refractivity contribution in [3.63, 3.8) is 0 Å². The molecule has 9 heteroatoms. The van der Waals surface area contributed by atoms with Crippen LogP contribution >= 0.6 is 0 Å². The number of aryl methyl sites for hydroxylation is 2. The average molecular weight is 392 g/mol. The summed E-state index contributed by atoms with van der Waals surface area (Å²) in [6.07, 6.45) is 3.09. The van der Waals surface area contributed by atoms with Gasteiger partial charge >= 0.3 is 0 Å². The van der Waals surface area contributed by atoms with Crippen LogP contribution in [0.25, 0.3) is 0 Å². The molecule has 2 aliphatic heterocycles. The Morgan fingerprint density at radius 3 is 2.48 bits per heavy atom. The van der Waals surface area contributed by atoms with Crippen molar-refractivity contribution in [2.45, 2.75) is 30.7 Å². The number of hydrogen-bond acceptors (Lipinski definition) is 4. The third kappa shape index (κ3) is 3.37. The zero-order chi connectivity index (χ0) is 19.0. The van der Waals surface area contributed by atoms with Gasteiger partial charge in [-0.15, -0.1) is 0 Å². The highest BCUT2D eigenvalue weighted by Gasteiger charge is 2.32. The number of aromatic nitrogens is 2.